The van der Waals surface area contributed by atoms with Crippen LogP contribution in [0.1, 0.15) is 27.8 Å². The topological polar surface area (TPSA) is 137 Å². The van der Waals surface area contributed by atoms with Crippen LogP contribution in [0.5, 0.6) is 17.2 Å². The summed E-state index contributed by atoms with van der Waals surface area (Å²) in [5.74, 6) is -2.31. The van der Waals surface area contributed by atoms with Gasteiger partial charge in [-0.25, -0.2) is 9.59 Å². The number of aliphatic hydroxyl groups is 1. The lowest BCUT2D eigenvalue weighted by Crippen LogP contribution is -2.31. The molecule has 0 fully saturated rings. The third-order valence-electron chi connectivity index (χ3n) is 3.52. The van der Waals surface area contributed by atoms with Crippen molar-refractivity contribution in [3.8, 4) is 17.2 Å². The molecule has 0 saturated carbocycles. The summed E-state index contributed by atoms with van der Waals surface area (Å²) in [5, 5.41) is 38.4. The fourth-order valence-electron chi connectivity index (χ4n) is 2.51. The highest BCUT2D eigenvalue weighted by atomic mass is 16.5. The van der Waals surface area contributed by atoms with E-state index in [0.717, 1.165) is 18.2 Å². The van der Waals surface area contributed by atoms with Crippen LogP contribution in [0.3, 0.4) is 0 Å². The number of carboxylic acid groups (broad SMARTS) is 1. The van der Waals surface area contributed by atoms with Gasteiger partial charge in [-0.15, -0.1) is 0 Å². The summed E-state index contributed by atoms with van der Waals surface area (Å²) in [4.78, 5) is 22.4. The van der Waals surface area contributed by atoms with E-state index in [0.29, 0.717) is 5.56 Å². The quantitative estimate of drug-likeness (QED) is 0.637. The average molecular weight is 320 g/mol. The summed E-state index contributed by atoms with van der Waals surface area (Å²) in [5.41, 5.74) is -0.451. The number of hydrogen-bond acceptors (Lipinski definition) is 7. The number of aromatic hydroxyl groups is 2. The zero-order valence-corrected chi connectivity index (χ0v) is 11.6. The third-order valence-corrected chi connectivity index (χ3v) is 3.52. The van der Waals surface area contributed by atoms with Crippen LogP contribution in [0.15, 0.2) is 33.5 Å². The molecule has 0 saturated heterocycles. The van der Waals surface area contributed by atoms with Crippen LogP contribution in [0.25, 0.3) is 0 Å². The second-order valence-corrected chi connectivity index (χ2v) is 5.13. The summed E-state index contributed by atoms with van der Waals surface area (Å²) in [6.07, 6.45) is -2.15. The first-order valence-corrected chi connectivity index (χ1v) is 6.63. The lowest BCUT2D eigenvalue weighted by molar-refractivity contribution is 0.0192. The number of aromatic carboxylic acids is 1. The second kappa shape index (κ2) is 5.33. The van der Waals surface area contributed by atoms with Gasteiger partial charge >= 0.3 is 11.6 Å². The van der Waals surface area contributed by atoms with Crippen molar-refractivity contribution in [3.63, 3.8) is 0 Å². The van der Waals surface area contributed by atoms with E-state index < -0.39 is 29.6 Å². The fraction of sp³-hybridized carbons (Fsp3) is 0.200. The minimum absolute atomic E-state index is 0.00868. The number of phenolic OH excluding ortho intramolecular Hbond substituents is 2. The second-order valence-electron chi connectivity index (χ2n) is 5.13. The van der Waals surface area contributed by atoms with Crippen molar-refractivity contribution in [3.05, 3.63) is 51.6 Å². The molecule has 2 aromatic rings. The maximum absolute atomic E-state index is 11.5. The molecule has 0 aliphatic carbocycles. The van der Waals surface area contributed by atoms with Crippen molar-refractivity contribution in [2.75, 3.05) is 0 Å². The Bertz CT molecular complexity index is 838. The molecule has 1 aromatic heterocycles. The van der Waals surface area contributed by atoms with Gasteiger partial charge in [0.25, 0.3) is 0 Å². The van der Waals surface area contributed by atoms with Crippen molar-refractivity contribution in [1.82, 2.24) is 0 Å². The summed E-state index contributed by atoms with van der Waals surface area (Å²) in [7, 11) is 0. The molecular formula is C15H12O8. The normalized spacial score (nSPS) is 19.7. The SMILES string of the molecule is O=C(O)c1cc(C2Oc3cc(O)cc(O)c3CC2O)cc(=O)o1. The Morgan fingerprint density at radius 3 is 2.61 bits per heavy atom. The van der Waals surface area contributed by atoms with E-state index in [2.05, 4.69) is 4.42 Å². The standard InChI is InChI=1S/C15H12O8/c16-7-3-9(17)8-5-10(18)14(23-11(8)4-7)6-1-12(15(20)21)22-13(19)2-6/h1-4,10,14,16-18H,5H2,(H,20,21). The molecule has 120 valence electrons. The Morgan fingerprint density at radius 2 is 1.91 bits per heavy atom. The monoisotopic (exact) mass is 320 g/mol. The van der Waals surface area contributed by atoms with Gasteiger partial charge in [-0.1, -0.05) is 0 Å². The molecule has 8 nitrogen and oxygen atoms in total. The van der Waals surface area contributed by atoms with E-state index in [1.54, 1.807) is 0 Å². The Morgan fingerprint density at radius 1 is 1.17 bits per heavy atom. The number of aliphatic hydroxyl groups excluding tert-OH is 1. The van der Waals surface area contributed by atoms with Gasteiger partial charge in [0, 0.05) is 35.7 Å². The first-order valence-electron chi connectivity index (χ1n) is 6.63. The number of carbonyl (C=O) groups is 1. The van der Waals surface area contributed by atoms with E-state index in [1.807, 2.05) is 0 Å². The zero-order chi connectivity index (χ0) is 16.7. The van der Waals surface area contributed by atoms with Gasteiger partial charge < -0.3 is 29.6 Å². The predicted octanol–water partition coefficient (Wildman–Crippen LogP) is 0.786. The molecule has 0 spiro atoms. The van der Waals surface area contributed by atoms with Crippen LogP contribution >= 0.6 is 0 Å². The molecule has 1 aliphatic rings. The maximum Gasteiger partial charge on any atom is 0.371 e. The smallest absolute Gasteiger partial charge is 0.371 e. The highest BCUT2D eigenvalue weighted by molar-refractivity contribution is 5.84. The first kappa shape index (κ1) is 14.9. The Balaban J connectivity index is 2.05. The van der Waals surface area contributed by atoms with Crippen molar-refractivity contribution in [1.29, 1.82) is 0 Å². The molecule has 8 heteroatoms. The van der Waals surface area contributed by atoms with Gasteiger partial charge in [-0.3, -0.25) is 0 Å². The minimum Gasteiger partial charge on any atom is -0.508 e. The largest absolute Gasteiger partial charge is 0.508 e. The Hall–Kier alpha value is -3.00. The first-order chi connectivity index (χ1) is 10.8. The maximum atomic E-state index is 11.5. The fourth-order valence-corrected chi connectivity index (χ4v) is 2.51. The van der Waals surface area contributed by atoms with E-state index in [-0.39, 0.29) is 29.2 Å². The summed E-state index contributed by atoms with van der Waals surface area (Å²) in [6.45, 7) is 0. The summed E-state index contributed by atoms with van der Waals surface area (Å²) in [6, 6.07) is 4.49. The van der Waals surface area contributed by atoms with E-state index >= 15 is 0 Å². The van der Waals surface area contributed by atoms with Crippen LogP contribution in [0.2, 0.25) is 0 Å². The Labute approximate surface area is 128 Å². The van der Waals surface area contributed by atoms with Crippen molar-refractivity contribution < 1.29 is 34.4 Å². The highest BCUT2D eigenvalue weighted by Gasteiger charge is 2.33. The molecule has 1 aliphatic heterocycles. The number of ether oxygens (including phenoxy) is 1. The molecule has 2 atom stereocenters. The molecule has 2 heterocycles. The molecule has 3 rings (SSSR count). The number of hydrogen-bond donors (Lipinski definition) is 4. The molecule has 2 unspecified atom stereocenters. The lowest BCUT2D eigenvalue weighted by Gasteiger charge is -2.31. The van der Waals surface area contributed by atoms with Crippen molar-refractivity contribution in [2.45, 2.75) is 18.6 Å². The minimum atomic E-state index is -1.43. The van der Waals surface area contributed by atoms with Crippen LogP contribution in [-0.2, 0) is 6.42 Å². The summed E-state index contributed by atoms with van der Waals surface area (Å²) < 4.78 is 10.1. The molecule has 1 aromatic carbocycles. The van der Waals surface area contributed by atoms with Gasteiger partial charge in [0.1, 0.15) is 17.2 Å². The van der Waals surface area contributed by atoms with Crippen LogP contribution in [-0.4, -0.2) is 32.5 Å². The summed E-state index contributed by atoms with van der Waals surface area (Å²) >= 11 is 0. The van der Waals surface area contributed by atoms with Gasteiger partial charge in [0.2, 0.25) is 5.76 Å². The van der Waals surface area contributed by atoms with Crippen molar-refractivity contribution in [2.24, 2.45) is 0 Å². The zero-order valence-electron chi connectivity index (χ0n) is 11.6. The lowest BCUT2D eigenvalue weighted by atomic mass is 9.94. The van der Waals surface area contributed by atoms with Crippen LogP contribution in [0.4, 0.5) is 0 Å². The van der Waals surface area contributed by atoms with Crippen LogP contribution < -0.4 is 10.4 Å². The Kier molecular flexibility index (Phi) is 3.45. The molecular weight excluding hydrogens is 308 g/mol. The number of fused-ring (bicyclic) bond motifs is 1. The number of benzene rings is 1. The molecule has 0 amide bonds. The van der Waals surface area contributed by atoms with Gasteiger partial charge in [-0.2, -0.15) is 0 Å². The predicted molar refractivity (Wildman–Crippen MR) is 74.8 cm³/mol. The number of phenols is 2. The van der Waals surface area contributed by atoms with Gasteiger partial charge in [0.15, 0.2) is 6.10 Å². The van der Waals surface area contributed by atoms with E-state index in [4.69, 9.17) is 9.84 Å². The molecule has 0 radical (unpaired) electrons. The van der Waals surface area contributed by atoms with E-state index in [1.165, 1.54) is 6.07 Å². The third kappa shape index (κ3) is 2.71. The average Bonchev–Trinajstić information content (AvgIpc) is 2.46. The number of rotatable bonds is 2. The highest BCUT2D eigenvalue weighted by Crippen LogP contribution is 2.41. The van der Waals surface area contributed by atoms with Crippen molar-refractivity contribution >= 4 is 5.97 Å². The molecule has 23 heavy (non-hydrogen) atoms. The molecule has 0 bridgehead atoms. The number of carboxylic acids is 1. The van der Waals surface area contributed by atoms with E-state index in [9.17, 15) is 24.9 Å². The molecule has 4 N–H and O–H groups in total. The van der Waals surface area contributed by atoms with Gasteiger partial charge in [-0.05, 0) is 6.07 Å². The van der Waals surface area contributed by atoms with Gasteiger partial charge in [0.05, 0.1) is 6.10 Å². The van der Waals surface area contributed by atoms with Crippen LogP contribution in [0, 0.1) is 0 Å².